The van der Waals surface area contributed by atoms with Crippen molar-refractivity contribution in [1.82, 2.24) is 0 Å². The van der Waals surface area contributed by atoms with E-state index < -0.39 is 0 Å². The number of thiophene rings is 2. The maximum absolute atomic E-state index is 2.29. The van der Waals surface area contributed by atoms with E-state index in [0.29, 0.717) is 5.92 Å². The van der Waals surface area contributed by atoms with Gasteiger partial charge in [0.25, 0.3) is 0 Å². The Kier molecular flexibility index (Phi) is 2.23. The molecule has 0 spiro atoms. The van der Waals surface area contributed by atoms with Crippen molar-refractivity contribution >= 4 is 22.7 Å². The van der Waals surface area contributed by atoms with Gasteiger partial charge in [0.1, 0.15) is 0 Å². The van der Waals surface area contributed by atoms with Gasteiger partial charge in [-0.2, -0.15) is 0 Å². The second-order valence-corrected chi connectivity index (χ2v) is 6.93. The number of hydrogen-bond acceptors (Lipinski definition) is 2. The normalized spacial score (nSPS) is 16.6. The summed E-state index contributed by atoms with van der Waals surface area (Å²) in [7, 11) is 0. The zero-order valence-corrected chi connectivity index (χ0v) is 11.6. The standard InChI is InChI=1S/C16H12S2/c1-10-6-7-14(18-10)15-12-5-3-2-4-11(12)13-8-9-17-16(13)15/h2-9,15H,1H3. The van der Waals surface area contributed by atoms with E-state index in [1.54, 1.807) is 0 Å². The van der Waals surface area contributed by atoms with Crippen LogP contribution < -0.4 is 0 Å². The summed E-state index contributed by atoms with van der Waals surface area (Å²) < 4.78 is 0. The predicted molar refractivity (Wildman–Crippen MR) is 79.8 cm³/mol. The third kappa shape index (κ3) is 1.36. The maximum Gasteiger partial charge on any atom is 0.0540 e. The molecular formula is C16H12S2. The monoisotopic (exact) mass is 268 g/mol. The van der Waals surface area contributed by atoms with Gasteiger partial charge in [-0.1, -0.05) is 24.3 Å². The summed E-state index contributed by atoms with van der Waals surface area (Å²) in [6, 6.07) is 15.6. The topological polar surface area (TPSA) is 0 Å². The molecule has 1 aliphatic carbocycles. The molecule has 1 aromatic carbocycles. The fourth-order valence-electron chi connectivity index (χ4n) is 2.79. The van der Waals surface area contributed by atoms with Gasteiger partial charge in [0, 0.05) is 14.6 Å². The molecule has 0 radical (unpaired) electrons. The van der Waals surface area contributed by atoms with Crippen molar-refractivity contribution in [3.05, 3.63) is 68.0 Å². The van der Waals surface area contributed by atoms with E-state index >= 15 is 0 Å². The highest BCUT2D eigenvalue weighted by Crippen LogP contribution is 2.51. The molecule has 0 nitrogen and oxygen atoms in total. The highest BCUT2D eigenvalue weighted by Gasteiger charge is 2.31. The molecular weight excluding hydrogens is 256 g/mol. The quantitative estimate of drug-likeness (QED) is 0.440. The Hall–Kier alpha value is -1.38. The van der Waals surface area contributed by atoms with Gasteiger partial charge in [-0.25, -0.2) is 0 Å². The summed E-state index contributed by atoms with van der Waals surface area (Å²) in [6.45, 7) is 2.18. The zero-order valence-electron chi connectivity index (χ0n) is 10.0. The Labute approximate surface area is 115 Å². The minimum absolute atomic E-state index is 0.467. The summed E-state index contributed by atoms with van der Waals surface area (Å²) in [4.78, 5) is 4.38. The van der Waals surface area contributed by atoms with Crippen LogP contribution in [0.25, 0.3) is 11.1 Å². The van der Waals surface area contributed by atoms with E-state index in [-0.39, 0.29) is 0 Å². The van der Waals surface area contributed by atoms with E-state index in [2.05, 4.69) is 54.8 Å². The molecule has 1 atom stereocenters. The Morgan fingerprint density at radius 3 is 2.67 bits per heavy atom. The molecule has 0 amide bonds. The third-order valence-corrected chi connectivity index (χ3v) is 5.61. The molecule has 18 heavy (non-hydrogen) atoms. The zero-order chi connectivity index (χ0) is 12.1. The molecule has 88 valence electrons. The first-order valence-corrected chi connectivity index (χ1v) is 7.77. The fraction of sp³-hybridized carbons (Fsp3) is 0.125. The minimum Gasteiger partial charge on any atom is -0.147 e. The molecule has 0 saturated carbocycles. The molecule has 2 heteroatoms. The first-order valence-electron chi connectivity index (χ1n) is 6.07. The Morgan fingerprint density at radius 2 is 1.83 bits per heavy atom. The van der Waals surface area contributed by atoms with Crippen LogP contribution in [-0.4, -0.2) is 0 Å². The smallest absolute Gasteiger partial charge is 0.0540 e. The lowest BCUT2D eigenvalue weighted by Crippen LogP contribution is -1.93. The summed E-state index contributed by atoms with van der Waals surface area (Å²) in [6.07, 6.45) is 0. The van der Waals surface area contributed by atoms with Crippen LogP contribution in [0.4, 0.5) is 0 Å². The van der Waals surface area contributed by atoms with E-state index in [4.69, 9.17) is 0 Å². The van der Waals surface area contributed by atoms with Crippen LogP contribution in [0.2, 0.25) is 0 Å². The Balaban J connectivity index is 1.99. The van der Waals surface area contributed by atoms with E-state index in [1.807, 2.05) is 22.7 Å². The molecule has 0 fully saturated rings. The van der Waals surface area contributed by atoms with Gasteiger partial charge in [-0.05, 0) is 47.2 Å². The van der Waals surface area contributed by atoms with Crippen molar-refractivity contribution in [3.63, 3.8) is 0 Å². The van der Waals surface area contributed by atoms with Gasteiger partial charge in [-0.15, -0.1) is 22.7 Å². The van der Waals surface area contributed by atoms with Crippen molar-refractivity contribution in [2.45, 2.75) is 12.8 Å². The maximum atomic E-state index is 2.29. The lowest BCUT2D eigenvalue weighted by Gasteiger charge is -2.09. The highest BCUT2D eigenvalue weighted by molar-refractivity contribution is 7.13. The lowest BCUT2D eigenvalue weighted by atomic mass is 9.99. The molecule has 2 aromatic heterocycles. The first kappa shape index (κ1) is 10.5. The van der Waals surface area contributed by atoms with Crippen molar-refractivity contribution in [2.24, 2.45) is 0 Å². The predicted octanol–water partition coefficient (Wildman–Crippen LogP) is 5.28. The van der Waals surface area contributed by atoms with Crippen molar-refractivity contribution in [3.8, 4) is 11.1 Å². The Morgan fingerprint density at radius 1 is 0.944 bits per heavy atom. The van der Waals surface area contributed by atoms with Gasteiger partial charge in [0.15, 0.2) is 0 Å². The van der Waals surface area contributed by atoms with Crippen LogP contribution in [0.5, 0.6) is 0 Å². The van der Waals surface area contributed by atoms with Gasteiger partial charge >= 0.3 is 0 Å². The van der Waals surface area contributed by atoms with Gasteiger partial charge in [-0.3, -0.25) is 0 Å². The number of rotatable bonds is 1. The molecule has 1 unspecified atom stereocenters. The molecule has 0 saturated heterocycles. The lowest BCUT2D eigenvalue weighted by molar-refractivity contribution is 1.08. The van der Waals surface area contributed by atoms with Crippen LogP contribution in [0.1, 0.15) is 26.1 Å². The molecule has 0 aliphatic heterocycles. The van der Waals surface area contributed by atoms with E-state index in [1.165, 1.54) is 31.3 Å². The summed E-state index contributed by atoms with van der Waals surface area (Å²) in [5.41, 5.74) is 4.33. The van der Waals surface area contributed by atoms with Crippen molar-refractivity contribution < 1.29 is 0 Å². The van der Waals surface area contributed by atoms with Gasteiger partial charge < -0.3 is 0 Å². The molecule has 1 aliphatic rings. The number of hydrogen-bond donors (Lipinski definition) is 0. The first-order chi connectivity index (χ1) is 8.84. The summed E-state index contributed by atoms with van der Waals surface area (Å²) in [5, 5.41) is 2.22. The average molecular weight is 268 g/mol. The number of benzene rings is 1. The van der Waals surface area contributed by atoms with Crippen LogP contribution >= 0.6 is 22.7 Å². The van der Waals surface area contributed by atoms with Gasteiger partial charge in [0.05, 0.1) is 5.92 Å². The van der Waals surface area contributed by atoms with E-state index in [0.717, 1.165) is 0 Å². The van der Waals surface area contributed by atoms with Crippen LogP contribution in [0.15, 0.2) is 47.8 Å². The largest absolute Gasteiger partial charge is 0.147 e. The SMILES string of the molecule is Cc1ccc(C2c3ccccc3-c3ccsc32)s1. The average Bonchev–Trinajstić information content (AvgIpc) is 3.04. The minimum atomic E-state index is 0.467. The van der Waals surface area contributed by atoms with Crippen LogP contribution in [0, 0.1) is 6.92 Å². The molecule has 2 heterocycles. The summed E-state index contributed by atoms with van der Waals surface area (Å²) in [5.74, 6) is 0.467. The number of fused-ring (bicyclic) bond motifs is 3. The van der Waals surface area contributed by atoms with E-state index in [9.17, 15) is 0 Å². The number of aryl methyl sites for hydroxylation is 1. The molecule has 0 bridgehead atoms. The van der Waals surface area contributed by atoms with Crippen LogP contribution in [0.3, 0.4) is 0 Å². The van der Waals surface area contributed by atoms with Crippen LogP contribution in [-0.2, 0) is 0 Å². The second kappa shape index (κ2) is 3.81. The van der Waals surface area contributed by atoms with Crippen molar-refractivity contribution in [2.75, 3.05) is 0 Å². The molecule has 0 N–H and O–H groups in total. The van der Waals surface area contributed by atoms with Crippen molar-refractivity contribution in [1.29, 1.82) is 0 Å². The molecule has 4 rings (SSSR count). The Bertz CT molecular complexity index is 718. The molecule has 3 aromatic rings. The fourth-order valence-corrected chi connectivity index (χ4v) is 4.92. The highest BCUT2D eigenvalue weighted by atomic mass is 32.1. The van der Waals surface area contributed by atoms with Gasteiger partial charge in [0.2, 0.25) is 0 Å². The summed E-state index contributed by atoms with van der Waals surface area (Å²) >= 11 is 3.81. The third-order valence-electron chi connectivity index (χ3n) is 3.56. The second-order valence-electron chi connectivity index (χ2n) is 4.67.